The highest BCUT2D eigenvalue weighted by Gasteiger charge is 2.07. The summed E-state index contributed by atoms with van der Waals surface area (Å²) in [4.78, 5) is 0. The van der Waals surface area contributed by atoms with Crippen LogP contribution in [-0.2, 0) is 0 Å². The number of halogens is 2. The van der Waals surface area contributed by atoms with Crippen LogP contribution in [0.5, 0.6) is 0 Å². The summed E-state index contributed by atoms with van der Waals surface area (Å²) in [6.45, 7) is 3.61. The van der Waals surface area contributed by atoms with Gasteiger partial charge in [-0.3, -0.25) is 0 Å². The monoisotopic (exact) mass is 245 g/mol. The van der Waals surface area contributed by atoms with Crippen LogP contribution in [0.1, 0.15) is 11.6 Å². The summed E-state index contributed by atoms with van der Waals surface area (Å²) in [5.41, 5.74) is 6.63. The lowest BCUT2D eigenvalue weighted by Crippen LogP contribution is -2.06. The highest BCUT2D eigenvalue weighted by molar-refractivity contribution is 9.10. The third kappa shape index (κ3) is 1.89. The van der Waals surface area contributed by atoms with Gasteiger partial charge in [-0.2, -0.15) is 0 Å². The summed E-state index contributed by atoms with van der Waals surface area (Å²) in [6.07, 6.45) is 1.66. The highest BCUT2D eigenvalue weighted by Crippen LogP contribution is 2.29. The fourth-order valence-electron chi connectivity index (χ4n) is 0.905. The molecule has 0 amide bonds. The minimum Gasteiger partial charge on any atom is -0.321 e. The van der Waals surface area contributed by atoms with E-state index in [0.717, 1.165) is 10.0 Å². The molecule has 0 aliphatic heterocycles. The summed E-state index contributed by atoms with van der Waals surface area (Å²) in [7, 11) is 0. The molecule has 0 radical (unpaired) electrons. The molecule has 1 unspecified atom stereocenters. The average molecular weight is 247 g/mol. The van der Waals surface area contributed by atoms with Crippen LogP contribution in [0.2, 0.25) is 5.02 Å². The predicted molar refractivity (Wildman–Crippen MR) is 56.3 cm³/mol. The van der Waals surface area contributed by atoms with E-state index in [2.05, 4.69) is 22.5 Å². The average Bonchev–Trinajstić information content (AvgIpc) is 2.08. The standard InChI is InChI=1S/C9H9BrClN/c1-2-8(12)6-4-3-5-7(10)9(6)11/h2-5,8H,1,12H2. The van der Waals surface area contributed by atoms with Gasteiger partial charge in [-0.15, -0.1) is 6.58 Å². The van der Waals surface area contributed by atoms with Crippen molar-refractivity contribution in [2.45, 2.75) is 6.04 Å². The van der Waals surface area contributed by atoms with Crippen molar-refractivity contribution in [3.8, 4) is 0 Å². The van der Waals surface area contributed by atoms with E-state index in [0.29, 0.717) is 5.02 Å². The molecule has 12 heavy (non-hydrogen) atoms. The van der Waals surface area contributed by atoms with E-state index in [-0.39, 0.29) is 6.04 Å². The normalized spacial score (nSPS) is 12.6. The lowest BCUT2D eigenvalue weighted by molar-refractivity contribution is 0.913. The zero-order chi connectivity index (χ0) is 9.14. The van der Waals surface area contributed by atoms with Crippen molar-refractivity contribution in [3.05, 3.63) is 45.9 Å². The molecule has 1 atom stereocenters. The van der Waals surface area contributed by atoms with E-state index in [1.54, 1.807) is 6.08 Å². The van der Waals surface area contributed by atoms with Gasteiger partial charge in [0, 0.05) is 10.5 Å². The highest BCUT2D eigenvalue weighted by atomic mass is 79.9. The first-order valence-corrected chi connectivity index (χ1v) is 4.66. The van der Waals surface area contributed by atoms with E-state index < -0.39 is 0 Å². The number of hydrogen-bond donors (Lipinski definition) is 1. The van der Waals surface area contributed by atoms with E-state index in [9.17, 15) is 0 Å². The van der Waals surface area contributed by atoms with Gasteiger partial charge in [0.15, 0.2) is 0 Å². The third-order valence-corrected chi connectivity index (χ3v) is 2.91. The summed E-state index contributed by atoms with van der Waals surface area (Å²) in [5, 5.41) is 0.657. The summed E-state index contributed by atoms with van der Waals surface area (Å²) in [5.74, 6) is 0. The second kappa shape index (κ2) is 4.08. The molecule has 1 nitrogen and oxygen atoms in total. The van der Waals surface area contributed by atoms with Crippen LogP contribution >= 0.6 is 27.5 Å². The minimum absolute atomic E-state index is 0.199. The van der Waals surface area contributed by atoms with Gasteiger partial charge < -0.3 is 5.73 Å². The molecule has 0 bridgehead atoms. The van der Waals surface area contributed by atoms with Crippen LogP contribution in [0.4, 0.5) is 0 Å². The first-order valence-electron chi connectivity index (χ1n) is 3.49. The first-order chi connectivity index (χ1) is 5.66. The SMILES string of the molecule is C=CC(N)c1cccc(Br)c1Cl. The van der Waals surface area contributed by atoms with Gasteiger partial charge in [-0.25, -0.2) is 0 Å². The number of benzene rings is 1. The minimum atomic E-state index is -0.199. The van der Waals surface area contributed by atoms with Crippen molar-refractivity contribution in [2.24, 2.45) is 5.73 Å². The maximum atomic E-state index is 5.99. The summed E-state index contributed by atoms with van der Waals surface area (Å²) in [6, 6.07) is 5.46. The van der Waals surface area contributed by atoms with Crippen LogP contribution < -0.4 is 5.73 Å². The summed E-state index contributed by atoms with van der Waals surface area (Å²) < 4.78 is 0.860. The van der Waals surface area contributed by atoms with Gasteiger partial charge >= 0.3 is 0 Å². The van der Waals surface area contributed by atoms with E-state index in [1.165, 1.54) is 0 Å². The molecule has 0 saturated carbocycles. The lowest BCUT2D eigenvalue weighted by atomic mass is 10.1. The second-order valence-electron chi connectivity index (χ2n) is 2.40. The zero-order valence-corrected chi connectivity index (χ0v) is 8.77. The van der Waals surface area contributed by atoms with Crippen molar-refractivity contribution in [3.63, 3.8) is 0 Å². The quantitative estimate of drug-likeness (QED) is 0.796. The Kier molecular flexibility index (Phi) is 3.32. The Bertz CT molecular complexity index is 299. The molecule has 1 aromatic carbocycles. The molecule has 0 fully saturated rings. The molecule has 0 saturated heterocycles. The molecule has 0 aromatic heterocycles. The molecule has 0 spiro atoms. The third-order valence-electron chi connectivity index (χ3n) is 1.59. The Hall–Kier alpha value is -0.310. The lowest BCUT2D eigenvalue weighted by Gasteiger charge is -2.09. The van der Waals surface area contributed by atoms with E-state index >= 15 is 0 Å². The zero-order valence-electron chi connectivity index (χ0n) is 6.43. The molecular weight excluding hydrogens is 237 g/mol. The maximum absolute atomic E-state index is 5.99. The van der Waals surface area contributed by atoms with Crippen molar-refractivity contribution < 1.29 is 0 Å². The van der Waals surface area contributed by atoms with Crippen LogP contribution in [0.25, 0.3) is 0 Å². The van der Waals surface area contributed by atoms with Gasteiger partial charge in [0.1, 0.15) is 0 Å². The van der Waals surface area contributed by atoms with Gasteiger partial charge in [0.25, 0.3) is 0 Å². The first kappa shape index (κ1) is 9.78. The van der Waals surface area contributed by atoms with Gasteiger partial charge in [0.05, 0.1) is 5.02 Å². The van der Waals surface area contributed by atoms with E-state index in [4.69, 9.17) is 17.3 Å². The van der Waals surface area contributed by atoms with Gasteiger partial charge in [-0.1, -0.05) is 29.8 Å². The molecule has 0 aliphatic carbocycles. The van der Waals surface area contributed by atoms with Crippen molar-refractivity contribution >= 4 is 27.5 Å². The van der Waals surface area contributed by atoms with Gasteiger partial charge in [0.2, 0.25) is 0 Å². The van der Waals surface area contributed by atoms with Crippen LogP contribution in [0.15, 0.2) is 35.3 Å². The molecule has 0 heterocycles. The summed E-state index contributed by atoms with van der Waals surface area (Å²) >= 11 is 9.31. The molecule has 0 aliphatic rings. The number of nitrogens with two attached hydrogens (primary N) is 1. The van der Waals surface area contributed by atoms with Crippen molar-refractivity contribution in [1.29, 1.82) is 0 Å². The Labute approximate surface area is 85.3 Å². The van der Waals surface area contributed by atoms with E-state index in [1.807, 2.05) is 18.2 Å². The maximum Gasteiger partial charge on any atom is 0.0599 e. The van der Waals surface area contributed by atoms with Gasteiger partial charge in [-0.05, 0) is 27.6 Å². The fraction of sp³-hybridized carbons (Fsp3) is 0.111. The fourth-order valence-corrected chi connectivity index (χ4v) is 1.54. The molecule has 3 heteroatoms. The van der Waals surface area contributed by atoms with Crippen molar-refractivity contribution in [1.82, 2.24) is 0 Å². The number of rotatable bonds is 2. The smallest absolute Gasteiger partial charge is 0.0599 e. The Morgan fingerprint density at radius 1 is 1.58 bits per heavy atom. The topological polar surface area (TPSA) is 26.0 Å². The number of hydrogen-bond acceptors (Lipinski definition) is 1. The van der Waals surface area contributed by atoms with Crippen LogP contribution in [0, 0.1) is 0 Å². The molecule has 1 aromatic rings. The Morgan fingerprint density at radius 3 is 2.83 bits per heavy atom. The Morgan fingerprint density at radius 2 is 2.25 bits per heavy atom. The van der Waals surface area contributed by atoms with Crippen LogP contribution in [-0.4, -0.2) is 0 Å². The molecule has 64 valence electrons. The van der Waals surface area contributed by atoms with Crippen molar-refractivity contribution in [2.75, 3.05) is 0 Å². The molecular formula is C9H9BrClN. The Balaban J connectivity index is 3.15. The second-order valence-corrected chi connectivity index (χ2v) is 3.64. The molecule has 2 N–H and O–H groups in total. The predicted octanol–water partition coefficient (Wildman–Crippen LogP) is 3.29. The largest absolute Gasteiger partial charge is 0.321 e. The molecule has 1 rings (SSSR count). The van der Waals surface area contributed by atoms with Crippen LogP contribution in [0.3, 0.4) is 0 Å².